The van der Waals surface area contributed by atoms with Crippen molar-refractivity contribution in [3.63, 3.8) is 0 Å². The summed E-state index contributed by atoms with van der Waals surface area (Å²) in [5.41, 5.74) is -0.573. The summed E-state index contributed by atoms with van der Waals surface area (Å²) in [6.45, 7) is 5.44. The van der Waals surface area contributed by atoms with E-state index in [4.69, 9.17) is 9.62 Å². The molecule has 114 valence electrons. The van der Waals surface area contributed by atoms with Crippen molar-refractivity contribution in [2.75, 3.05) is 0 Å². The van der Waals surface area contributed by atoms with Gasteiger partial charge in [0.25, 0.3) is 0 Å². The molecule has 0 bridgehead atoms. The number of benzene rings is 1. The van der Waals surface area contributed by atoms with Gasteiger partial charge in [0.05, 0.1) is 0 Å². The third-order valence-corrected chi connectivity index (χ3v) is 2.54. The predicted molar refractivity (Wildman–Crippen MR) is 73.8 cm³/mol. The topological polar surface area (TPSA) is 71.1 Å². The number of carbonyl (C=O) groups is 2. The molecule has 0 aliphatic heterocycles. The molecule has 0 saturated heterocycles. The lowest BCUT2D eigenvalue weighted by Gasteiger charge is -2.19. The molecule has 1 aromatic rings. The van der Waals surface area contributed by atoms with E-state index in [2.05, 4.69) is 9.93 Å². The molecule has 6 heteroatoms. The number of carbonyl (C=O) groups excluding carboxylic acids is 2. The van der Waals surface area contributed by atoms with Crippen molar-refractivity contribution in [1.82, 2.24) is 0 Å². The molecular weight excluding hydrogens is 276 g/mol. The lowest BCUT2D eigenvalue weighted by atomic mass is 10.1. The molecule has 0 aromatic heterocycles. The van der Waals surface area contributed by atoms with Crippen LogP contribution in [0.3, 0.4) is 0 Å². The largest absolute Gasteiger partial charge is 0.423 e. The van der Waals surface area contributed by atoms with E-state index in [-0.39, 0.29) is 0 Å². The Bertz CT molecular complexity index is 492. The molecular formula is C15H18O6. The fourth-order valence-electron chi connectivity index (χ4n) is 1.00. The van der Waals surface area contributed by atoms with Crippen LogP contribution in [0.15, 0.2) is 42.5 Å². The van der Waals surface area contributed by atoms with Gasteiger partial charge in [0.2, 0.25) is 0 Å². The molecule has 0 aliphatic rings. The van der Waals surface area contributed by atoms with Gasteiger partial charge in [-0.1, -0.05) is 25.1 Å². The molecule has 0 N–H and O–H groups in total. The van der Waals surface area contributed by atoms with Crippen LogP contribution in [0, 0.1) is 0 Å². The summed E-state index contributed by atoms with van der Waals surface area (Å²) in [6.07, 6.45) is 2.49. The van der Waals surface area contributed by atoms with Gasteiger partial charge in [-0.3, -0.25) is 4.89 Å². The highest BCUT2D eigenvalue weighted by molar-refractivity contribution is 5.92. The number of hydrogen-bond donors (Lipinski definition) is 0. The number of ether oxygens (including phenoxy) is 1. The van der Waals surface area contributed by atoms with Gasteiger partial charge in [-0.05, 0) is 37.4 Å². The minimum absolute atomic E-state index is 0.379. The van der Waals surface area contributed by atoms with Crippen molar-refractivity contribution in [1.29, 1.82) is 0 Å². The second-order valence-electron chi connectivity index (χ2n) is 4.73. The first-order valence-corrected chi connectivity index (χ1v) is 6.44. The molecule has 0 fully saturated rings. The maximum Gasteiger partial charge on any atom is 0.369 e. The van der Waals surface area contributed by atoms with Crippen molar-refractivity contribution in [2.45, 2.75) is 32.8 Å². The minimum Gasteiger partial charge on any atom is -0.423 e. The van der Waals surface area contributed by atoms with E-state index in [9.17, 15) is 9.59 Å². The molecule has 21 heavy (non-hydrogen) atoms. The van der Waals surface area contributed by atoms with Gasteiger partial charge < -0.3 is 4.74 Å². The van der Waals surface area contributed by atoms with Crippen molar-refractivity contribution < 1.29 is 29.1 Å². The third-order valence-electron chi connectivity index (χ3n) is 2.54. The van der Waals surface area contributed by atoms with Gasteiger partial charge in [0, 0.05) is 12.2 Å². The molecule has 0 amide bonds. The molecule has 0 radical (unpaired) electrons. The number of para-hydroxylation sites is 1. The second kappa shape index (κ2) is 8.18. The maximum absolute atomic E-state index is 11.4. The van der Waals surface area contributed by atoms with Crippen LogP contribution in [0.25, 0.3) is 0 Å². The number of esters is 1. The first-order chi connectivity index (χ1) is 9.93. The molecule has 1 aromatic carbocycles. The van der Waals surface area contributed by atoms with Crippen molar-refractivity contribution in [2.24, 2.45) is 0 Å². The molecule has 0 spiro atoms. The average Bonchev–Trinajstić information content (AvgIpc) is 2.46. The Morgan fingerprint density at radius 1 is 1.10 bits per heavy atom. The van der Waals surface area contributed by atoms with E-state index >= 15 is 0 Å². The van der Waals surface area contributed by atoms with Gasteiger partial charge >= 0.3 is 11.9 Å². The van der Waals surface area contributed by atoms with Crippen molar-refractivity contribution in [3.8, 4) is 5.75 Å². The van der Waals surface area contributed by atoms with Crippen LogP contribution in [0.1, 0.15) is 27.2 Å². The van der Waals surface area contributed by atoms with E-state index in [0.717, 1.165) is 12.2 Å². The Hall–Kier alpha value is -2.18. The van der Waals surface area contributed by atoms with Crippen molar-refractivity contribution >= 4 is 11.9 Å². The smallest absolute Gasteiger partial charge is 0.369 e. The first-order valence-electron chi connectivity index (χ1n) is 6.44. The molecule has 0 unspecified atom stereocenters. The summed E-state index contributed by atoms with van der Waals surface area (Å²) in [5.74, 6) is -1.20. The molecule has 1 rings (SSSR count). The van der Waals surface area contributed by atoms with Crippen LogP contribution in [0.5, 0.6) is 5.75 Å². The predicted octanol–water partition coefficient (Wildman–Crippen LogP) is 2.74. The normalized spacial score (nSPS) is 11.4. The molecule has 0 heterocycles. The minimum atomic E-state index is -0.882. The van der Waals surface area contributed by atoms with Crippen molar-refractivity contribution in [3.05, 3.63) is 42.5 Å². The van der Waals surface area contributed by atoms with E-state index < -0.39 is 17.5 Å². The maximum atomic E-state index is 11.4. The highest BCUT2D eigenvalue weighted by atomic mass is 17.5. The second-order valence-corrected chi connectivity index (χ2v) is 4.73. The molecule has 0 saturated carbocycles. The van der Waals surface area contributed by atoms with Crippen LogP contribution in [-0.2, 0) is 24.4 Å². The zero-order valence-electron chi connectivity index (χ0n) is 12.2. The van der Waals surface area contributed by atoms with Gasteiger partial charge in [-0.2, -0.15) is 4.89 Å². The molecule has 6 nitrogen and oxygen atoms in total. The van der Waals surface area contributed by atoms with E-state index in [1.165, 1.54) is 0 Å². The Balaban J connectivity index is 2.32. The summed E-state index contributed by atoms with van der Waals surface area (Å²) in [4.78, 5) is 31.8. The average molecular weight is 294 g/mol. The van der Waals surface area contributed by atoms with Crippen LogP contribution in [0.2, 0.25) is 0 Å². The standard InChI is InChI=1S/C15H18O6/c1-4-15(2,3)20-21-19-14(17)11-10-13(16)18-12-8-6-5-7-9-12/h5-11H,4H2,1-3H3/b11-10+. The van der Waals surface area contributed by atoms with Crippen LogP contribution < -0.4 is 4.74 Å². The summed E-state index contributed by atoms with van der Waals surface area (Å²) >= 11 is 0. The fourth-order valence-corrected chi connectivity index (χ4v) is 1.00. The van der Waals surface area contributed by atoms with Crippen LogP contribution >= 0.6 is 0 Å². The first kappa shape index (κ1) is 16.9. The zero-order valence-corrected chi connectivity index (χ0v) is 12.2. The van der Waals surface area contributed by atoms with E-state index in [1.807, 2.05) is 6.92 Å². The van der Waals surface area contributed by atoms with Gasteiger partial charge in [-0.25, -0.2) is 9.59 Å². The third kappa shape index (κ3) is 7.24. The highest BCUT2D eigenvalue weighted by Gasteiger charge is 2.18. The Kier molecular flexibility index (Phi) is 6.58. The molecule has 0 aliphatic carbocycles. The zero-order chi connectivity index (χ0) is 15.7. The summed E-state index contributed by atoms with van der Waals surface area (Å²) < 4.78 is 4.94. The van der Waals surface area contributed by atoms with Gasteiger partial charge in [0.15, 0.2) is 0 Å². The van der Waals surface area contributed by atoms with Gasteiger partial charge in [0.1, 0.15) is 11.4 Å². The lowest BCUT2D eigenvalue weighted by molar-refractivity contribution is -0.515. The van der Waals surface area contributed by atoms with Crippen LogP contribution in [0.4, 0.5) is 0 Å². The highest BCUT2D eigenvalue weighted by Crippen LogP contribution is 2.13. The lowest BCUT2D eigenvalue weighted by Crippen LogP contribution is -2.24. The Morgan fingerprint density at radius 3 is 2.33 bits per heavy atom. The summed E-state index contributed by atoms with van der Waals surface area (Å²) in [5, 5.41) is 4.35. The SMILES string of the molecule is CCC(C)(C)OOOC(=O)/C=C/C(=O)Oc1ccccc1. The quantitative estimate of drug-likeness (QED) is 0.253. The van der Waals surface area contributed by atoms with E-state index in [1.54, 1.807) is 44.2 Å². The number of rotatable bonds is 7. The summed E-state index contributed by atoms with van der Waals surface area (Å²) in [7, 11) is 0. The Morgan fingerprint density at radius 2 is 1.71 bits per heavy atom. The monoisotopic (exact) mass is 294 g/mol. The molecule has 0 atom stereocenters. The fraction of sp³-hybridized carbons (Fsp3) is 0.333. The summed E-state index contributed by atoms with van der Waals surface area (Å²) in [6, 6.07) is 8.48. The number of hydrogen-bond acceptors (Lipinski definition) is 6. The van der Waals surface area contributed by atoms with Crippen LogP contribution in [-0.4, -0.2) is 17.5 Å². The van der Waals surface area contributed by atoms with E-state index in [0.29, 0.717) is 12.2 Å². The Labute approximate surface area is 123 Å². The van der Waals surface area contributed by atoms with Gasteiger partial charge in [-0.15, -0.1) is 0 Å².